The van der Waals surface area contributed by atoms with Gasteiger partial charge in [0.05, 0.1) is 6.54 Å². The summed E-state index contributed by atoms with van der Waals surface area (Å²) in [7, 11) is 0. The second-order valence-corrected chi connectivity index (χ2v) is 8.76. The van der Waals surface area contributed by atoms with E-state index in [9.17, 15) is 4.79 Å². The quantitative estimate of drug-likeness (QED) is 0.355. The average molecular weight is 455 g/mol. The predicted molar refractivity (Wildman–Crippen MR) is 140 cm³/mol. The van der Waals surface area contributed by atoms with E-state index in [2.05, 4.69) is 53.5 Å². The maximum absolute atomic E-state index is 13.0. The van der Waals surface area contributed by atoms with Crippen molar-refractivity contribution in [1.82, 2.24) is 9.80 Å². The normalized spacial score (nSPS) is 16.3. The Labute approximate surface area is 202 Å². The number of amides is 1. The number of hydrogen-bond donors (Lipinski definition) is 0. The molecule has 4 rings (SSSR count). The topological polar surface area (TPSA) is 36.7 Å². The molecule has 1 fully saturated rings. The molecule has 4 heteroatoms. The number of carbonyl (C=O) groups is 1. The van der Waals surface area contributed by atoms with Crippen LogP contribution in [0, 0.1) is 0 Å². The first-order chi connectivity index (χ1) is 16.7. The van der Waals surface area contributed by atoms with Gasteiger partial charge in [-0.05, 0) is 31.0 Å². The zero-order chi connectivity index (χ0) is 23.6. The van der Waals surface area contributed by atoms with Crippen LogP contribution in [0.4, 0.5) is 0 Å². The highest BCUT2D eigenvalue weighted by molar-refractivity contribution is 5.77. The molecule has 4 nitrogen and oxygen atoms in total. The van der Waals surface area contributed by atoms with E-state index in [-0.39, 0.29) is 11.8 Å². The largest absolute Gasteiger partial charge is 0.460 e. The first kappa shape index (κ1) is 23.8. The van der Waals surface area contributed by atoms with Crippen LogP contribution in [0.1, 0.15) is 37.0 Å². The Kier molecular flexibility index (Phi) is 8.53. The molecule has 1 aliphatic rings. The van der Waals surface area contributed by atoms with Crippen LogP contribution in [-0.4, -0.2) is 41.9 Å². The number of piperazine rings is 1. The summed E-state index contributed by atoms with van der Waals surface area (Å²) in [6.45, 7) is 6.10. The van der Waals surface area contributed by atoms with Gasteiger partial charge in [0, 0.05) is 43.9 Å². The molecule has 0 N–H and O–H groups in total. The molecule has 1 saturated heterocycles. The summed E-state index contributed by atoms with van der Waals surface area (Å²) in [6, 6.07) is 20.7. The summed E-state index contributed by atoms with van der Waals surface area (Å²) in [5.41, 5.74) is 2.19. The summed E-state index contributed by atoms with van der Waals surface area (Å²) in [6.07, 6.45) is 13.7. The predicted octanol–water partition coefficient (Wildman–Crippen LogP) is 6.33. The molecule has 1 aliphatic heterocycles. The third-order valence-corrected chi connectivity index (χ3v) is 6.35. The molecule has 1 aromatic heterocycles. The number of benzene rings is 2. The average Bonchev–Trinajstić information content (AvgIpc) is 3.29. The van der Waals surface area contributed by atoms with Crippen molar-refractivity contribution in [3.05, 3.63) is 108 Å². The molecule has 2 heterocycles. The highest BCUT2D eigenvalue weighted by Crippen LogP contribution is 2.24. The minimum absolute atomic E-state index is 0.231. The third-order valence-electron chi connectivity index (χ3n) is 6.35. The number of fused-ring (bicyclic) bond motifs is 1. The molecule has 1 amide bonds. The van der Waals surface area contributed by atoms with E-state index < -0.39 is 0 Å². The van der Waals surface area contributed by atoms with Crippen molar-refractivity contribution in [1.29, 1.82) is 0 Å². The Morgan fingerprint density at radius 1 is 0.941 bits per heavy atom. The van der Waals surface area contributed by atoms with Crippen molar-refractivity contribution in [2.75, 3.05) is 26.2 Å². The fraction of sp³-hybridized carbons (Fsp3) is 0.300. The van der Waals surface area contributed by atoms with E-state index in [4.69, 9.17) is 4.42 Å². The van der Waals surface area contributed by atoms with Gasteiger partial charge in [-0.15, -0.1) is 0 Å². The molecule has 1 unspecified atom stereocenters. The zero-order valence-electron chi connectivity index (χ0n) is 20.0. The Hall–Kier alpha value is -3.37. The van der Waals surface area contributed by atoms with Gasteiger partial charge in [-0.2, -0.15) is 0 Å². The van der Waals surface area contributed by atoms with E-state index in [1.807, 2.05) is 60.4 Å². The van der Waals surface area contributed by atoms with Gasteiger partial charge < -0.3 is 9.32 Å². The van der Waals surface area contributed by atoms with Gasteiger partial charge in [-0.3, -0.25) is 9.69 Å². The first-order valence-corrected chi connectivity index (χ1v) is 12.2. The maximum atomic E-state index is 13.0. The lowest BCUT2D eigenvalue weighted by molar-refractivity contribution is -0.133. The van der Waals surface area contributed by atoms with Crippen molar-refractivity contribution >= 4 is 16.9 Å². The van der Waals surface area contributed by atoms with Crippen LogP contribution in [0.3, 0.4) is 0 Å². The van der Waals surface area contributed by atoms with Gasteiger partial charge >= 0.3 is 0 Å². The minimum atomic E-state index is 0.231. The summed E-state index contributed by atoms with van der Waals surface area (Å²) in [4.78, 5) is 17.4. The number of furan rings is 1. The van der Waals surface area contributed by atoms with E-state index in [0.29, 0.717) is 6.42 Å². The van der Waals surface area contributed by atoms with Crippen LogP contribution in [0.25, 0.3) is 11.0 Å². The number of carbonyl (C=O) groups excluding carboxylic acids is 1. The van der Waals surface area contributed by atoms with Crippen LogP contribution in [0.15, 0.2) is 102 Å². The standard InChI is InChI=1S/C30H34N2O2/c1-2-3-4-5-7-14-26(25-12-8-6-9-13-25)17-18-30(33)32-21-19-31(20-22-32)24-28-23-27-15-10-11-16-29(27)34-28/h2-16,23,26H,17-22,24H2,1H3/b3-2-,5-4-,14-7+. The van der Waals surface area contributed by atoms with Gasteiger partial charge in [0.25, 0.3) is 0 Å². The van der Waals surface area contributed by atoms with Gasteiger partial charge in [0.1, 0.15) is 11.3 Å². The molecule has 34 heavy (non-hydrogen) atoms. The van der Waals surface area contributed by atoms with E-state index >= 15 is 0 Å². The third kappa shape index (κ3) is 6.58. The van der Waals surface area contributed by atoms with Crippen molar-refractivity contribution in [3.8, 4) is 0 Å². The molecule has 0 radical (unpaired) electrons. The summed E-state index contributed by atoms with van der Waals surface area (Å²) in [5.74, 6) is 1.47. The fourth-order valence-corrected chi connectivity index (χ4v) is 4.44. The SMILES string of the molecule is C\C=C/C=C\C=C\C(CCC(=O)N1CCN(Cc2cc3ccccc3o2)CC1)c1ccccc1. The molecular weight excluding hydrogens is 420 g/mol. The Bertz CT molecular complexity index is 1100. The summed E-state index contributed by atoms with van der Waals surface area (Å²) in [5, 5.41) is 1.14. The van der Waals surface area contributed by atoms with Crippen molar-refractivity contribution in [2.45, 2.75) is 32.2 Å². The lowest BCUT2D eigenvalue weighted by atomic mass is 9.93. The van der Waals surface area contributed by atoms with Crippen LogP contribution in [-0.2, 0) is 11.3 Å². The molecule has 1 atom stereocenters. The fourth-order valence-electron chi connectivity index (χ4n) is 4.44. The Balaban J connectivity index is 1.28. The van der Waals surface area contributed by atoms with Gasteiger partial charge in [-0.25, -0.2) is 0 Å². The van der Waals surface area contributed by atoms with Crippen molar-refractivity contribution in [2.24, 2.45) is 0 Å². The van der Waals surface area contributed by atoms with Crippen LogP contribution >= 0.6 is 0 Å². The maximum Gasteiger partial charge on any atom is 0.222 e. The van der Waals surface area contributed by atoms with Crippen molar-refractivity contribution in [3.63, 3.8) is 0 Å². The highest BCUT2D eigenvalue weighted by Gasteiger charge is 2.22. The molecule has 3 aromatic rings. The lowest BCUT2D eigenvalue weighted by Crippen LogP contribution is -2.48. The van der Waals surface area contributed by atoms with Crippen LogP contribution < -0.4 is 0 Å². The molecular formula is C30H34N2O2. The Morgan fingerprint density at radius 3 is 2.44 bits per heavy atom. The highest BCUT2D eigenvalue weighted by atomic mass is 16.3. The van der Waals surface area contributed by atoms with E-state index in [0.717, 1.165) is 55.9 Å². The number of hydrogen-bond acceptors (Lipinski definition) is 3. The van der Waals surface area contributed by atoms with Crippen LogP contribution in [0.2, 0.25) is 0 Å². The molecule has 0 bridgehead atoms. The smallest absolute Gasteiger partial charge is 0.222 e. The molecule has 0 aliphatic carbocycles. The monoisotopic (exact) mass is 454 g/mol. The van der Waals surface area contributed by atoms with Gasteiger partial charge in [0.15, 0.2) is 0 Å². The zero-order valence-corrected chi connectivity index (χ0v) is 20.0. The molecule has 0 spiro atoms. The first-order valence-electron chi connectivity index (χ1n) is 12.2. The number of nitrogens with zero attached hydrogens (tertiary/aromatic N) is 2. The minimum Gasteiger partial charge on any atom is -0.460 e. The number of rotatable bonds is 9. The summed E-state index contributed by atoms with van der Waals surface area (Å²) < 4.78 is 5.97. The molecule has 176 valence electrons. The van der Waals surface area contributed by atoms with Gasteiger partial charge in [0.2, 0.25) is 5.91 Å². The number of para-hydroxylation sites is 1. The lowest BCUT2D eigenvalue weighted by Gasteiger charge is -2.34. The van der Waals surface area contributed by atoms with Crippen LogP contribution in [0.5, 0.6) is 0 Å². The second-order valence-electron chi connectivity index (χ2n) is 8.76. The Morgan fingerprint density at radius 2 is 1.68 bits per heavy atom. The molecule has 0 saturated carbocycles. The van der Waals surface area contributed by atoms with Gasteiger partial charge in [-0.1, -0.05) is 85.0 Å². The second kappa shape index (κ2) is 12.2. The van der Waals surface area contributed by atoms with E-state index in [1.165, 1.54) is 5.56 Å². The molecule has 2 aromatic carbocycles. The summed E-state index contributed by atoms with van der Waals surface area (Å²) >= 11 is 0. The number of allylic oxidation sites excluding steroid dienone is 6. The van der Waals surface area contributed by atoms with E-state index in [1.54, 1.807) is 0 Å². The van der Waals surface area contributed by atoms with Crippen molar-refractivity contribution < 1.29 is 9.21 Å².